The molecule has 2 rings (SSSR count). The first-order chi connectivity index (χ1) is 10.1. The molecular formula is C17H20ClN2O+. The van der Waals surface area contributed by atoms with Crippen molar-refractivity contribution in [3.8, 4) is 0 Å². The molecule has 0 aromatic heterocycles. The van der Waals surface area contributed by atoms with Crippen LogP contribution in [0.5, 0.6) is 0 Å². The quantitative estimate of drug-likeness (QED) is 0.876. The van der Waals surface area contributed by atoms with Gasteiger partial charge in [-0.05, 0) is 31.5 Å². The number of anilines is 1. The molecule has 0 aliphatic heterocycles. The van der Waals surface area contributed by atoms with Crippen molar-refractivity contribution in [2.24, 2.45) is 0 Å². The number of quaternary nitrogens is 1. The third kappa shape index (κ3) is 4.59. The Kier molecular flexibility index (Phi) is 5.37. The average molecular weight is 304 g/mol. The SMILES string of the molecule is Cc1ccc(Cl)cc1NC(=O)C[NH2+][C@H](C)c1ccccc1. The second-order valence-corrected chi connectivity index (χ2v) is 5.58. The molecule has 0 aliphatic carbocycles. The third-order valence-corrected chi connectivity index (χ3v) is 3.69. The van der Waals surface area contributed by atoms with Crippen LogP contribution in [0.2, 0.25) is 5.02 Å². The molecule has 0 saturated heterocycles. The fraction of sp³-hybridized carbons (Fsp3) is 0.235. The third-order valence-electron chi connectivity index (χ3n) is 3.46. The van der Waals surface area contributed by atoms with E-state index in [2.05, 4.69) is 24.4 Å². The number of hydrogen-bond donors (Lipinski definition) is 2. The van der Waals surface area contributed by atoms with Crippen LogP contribution in [0, 0.1) is 6.92 Å². The van der Waals surface area contributed by atoms with Gasteiger partial charge in [-0.1, -0.05) is 48.0 Å². The zero-order valence-electron chi connectivity index (χ0n) is 12.3. The minimum Gasteiger partial charge on any atom is -0.333 e. The minimum absolute atomic E-state index is 0.0249. The Labute approximate surface area is 130 Å². The van der Waals surface area contributed by atoms with Gasteiger partial charge in [0.05, 0.1) is 0 Å². The Morgan fingerprint density at radius 1 is 1.24 bits per heavy atom. The van der Waals surface area contributed by atoms with Crippen LogP contribution >= 0.6 is 11.6 Å². The molecule has 3 N–H and O–H groups in total. The van der Waals surface area contributed by atoms with E-state index < -0.39 is 0 Å². The van der Waals surface area contributed by atoms with E-state index in [4.69, 9.17) is 11.6 Å². The Bertz CT molecular complexity index is 613. The molecule has 0 fully saturated rings. The van der Waals surface area contributed by atoms with E-state index in [0.29, 0.717) is 11.6 Å². The number of carbonyl (C=O) groups excluding carboxylic acids is 1. The molecule has 0 heterocycles. The first-order valence-corrected chi connectivity index (χ1v) is 7.38. The lowest BCUT2D eigenvalue weighted by molar-refractivity contribution is -0.682. The molecule has 0 spiro atoms. The van der Waals surface area contributed by atoms with Crippen molar-refractivity contribution in [3.05, 3.63) is 64.7 Å². The van der Waals surface area contributed by atoms with Crippen molar-refractivity contribution < 1.29 is 10.1 Å². The number of amides is 1. The van der Waals surface area contributed by atoms with Crippen molar-refractivity contribution in [1.82, 2.24) is 0 Å². The predicted molar refractivity (Wildman–Crippen MR) is 86.5 cm³/mol. The van der Waals surface area contributed by atoms with E-state index in [0.717, 1.165) is 11.3 Å². The lowest BCUT2D eigenvalue weighted by atomic mass is 10.1. The van der Waals surface area contributed by atoms with E-state index >= 15 is 0 Å². The van der Waals surface area contributed by atoms with Gasteiger partial charge in [0.15, 0.2) is 6.54 Å². The number of benzene rings is 2. The van der Waals surface area contributed by atoms with Crippen molar-refractivity contribution in [1.29, 1.82) is 0 Å². The minimum atomic E-state index is -0.0249. The van der Waals surface area contributed by atoms with E-state index in [1.54, 1.807) is 6.07 Å². The average Bonchev–Trinajstić information content (AvgIpc) is 2.49. The Hall–Kier alpha value is -1.84. The fourth-order valence-corrected chi connectivity index (χ4v) is 2.28. The molecule has 1 atom stereocenters. The molecule has 0 saturated carbocycles. The van der Waals surface area contributed by atoms with Gasteiger partial charge < -0.3 is 10.6 Å². The second-order valence-electron chi connectivity index (χ2n) is 5.15. The molecule has 0 bridgehead atoms. The maximum absolute atomic E-state index is 12.0. The lowest BCUT2D eigenvalue weighted by Crippen LogP contribution is -2.86. The fourth-order valence-electron chi connectivity index (χ4n) is 2.11. The maximum Gasteiger partial charge on any atom is 0.279 e. The highest BCUT2D eigenvalue weighted by atomic mass is 35.5. The van der Waals surface area contributed by atoms with Crippen LogP contribution in [0.4, 0.5) is 5.69 Å². The van der Waals surface area contributed by atoms with Crippen LogP contribution in [0.3, 0.4) is 0 Å². The van der Waals surface area contributed by atoms with Crippen LogP contribution in [0.25, 0.3) is 0 Å². The summed E-state index contributed by atoms with van der Waals surface area (Å²) in [6, 6.07) is 15.9. The highest BCUT2D eigenvalue weighted by Crippen LogP contribution is 2.19. The topological polar surface area (TPSA) is 45.7 Å². The molecule has 0 radical (unpaired) electrons. The zero-order valence-corrected chi connectivity index (χ0v) is 13.0. The summed E-state index contributed by atoms with van der Waals surface area (Å²) in [7, 11) is 0. The first kappa shape index (κ1) is 15.5. The van der Waals surface area contributed by atoms with Crippen molar-refractivity contribution in [2.75, 3.05) is 11.9 Å². The van der Waals surface area contributed by atoms with E-state index in [1.807, 2.05) is 42.6 Å². The van der Waals surface area contributed by atoms with Gasteiger partial charge in [0, 0.05) is 16.3 Å². The summed E-state index contributed by atoms with van der Waals surface area (Å²) in [5, 5.41) is 5.54. The summed E-state index contributed by atoms with van der Waals surface area (Å²) in [6.07, 6.45) is 0. The van der Waals surface area contributed by atoms with Crippen molar-refractivity contribution in [2.45, 2.75) is 19.9 Å². The summed E-state index contributed by atoms with van der Waals surface area (Å²) in [6.45, 7) is 4.41. The Morgan fingerprint density at radius 3 is 2.67 bits per heavy atom. The lowest BCUT2D eigenvalue weighted by Gasteiger charge is -2.12. The molecule has 2 aromatic carbocycles. The summed E-state index contributed by atoms with van der Waals surface area (Å²) in [4.78, 5) is 12.0. The predicted octanol–water partition coefficient (Wildman–Crippen LogP) is 2.91. The van der Waals surface area contributed by atoms with Crippen LogP contribution in [-0.4, -0.2) is 12.5 Å². The number of nitrogens with two attached hydrogens (primary N) is 1. The van der Waals surface area contributed by atoms with Gasteiger partial charge >= 0.3 is 0 Å². The van der Waals surface area contributed by atoms with Crippen LogP contribution in [0.1, 0.15) is 24.1 Å². The highest BCUT2D eigenvalue weighted by Gasteiger charge is 2.12. The van der Waals surface area contributed by atoms with Crippen molar-refractivity contribution in [3.63, 3.8) is 0 Å². The van der Waals surface area contributed by atoms with Gasteiger partial charge in [-0.25, -0.2) is 0 Å². The molecule has 4 heteroatoms. The summed E-state index contributed by atoms with van der Waals surface area (Å²) in [5.74, 6) is -0.0249. The summed E-state index contributed by atoms with van der Waals surface area (Å²) in [5.41, 5.74) is 2.99. The van der Waals surface area contributed by atoms with Crippen LogP contribution < -0.4 is 10.6 Å². The van der Waals surface area contributed by atoms with E-state index in [-0.39, 0.29) is 11.9 Å². The second kappa shape index (κ2) is 7.25. The van der Waals surface area contributed by atoms with Gasteiger partial charge in [-0.15, -0.1) is 0 Å². The summed E-state index contributed by atoms with van der Waals surface area (Å²) >= 11 is 5.95. The smallest absolute Gasteiger partial charge is 0.279 e. The van der Waals surface area contributed by atoms with Gasteiger partial charge in [0.25, 0.3) is 5.91 Å². The van der Waals surface area contributed by atoms with Gasteiger partial charge in [0.2, 0.25) is 0 Å². The molecule has 2 aromatic rings. The largest absolute Gasteiger partial charge is 0.333 e. The van der Waals surface area contributed by atoms with E-state index in [1.165, 1.54) is 5.56 Å². The maximum atomic E-state index is 12.0. The van der Waals surface area contributed by atoms with Crippen molar-refractivity contribution >= 4 is 23.2 Å². The number of hydrogen-bond acceptors (Lipinski definition) is 1. The zero-order chi connectivity index (χ0) is 15.2. The number of aryl methyl sites for hydroxylation is 1. The van der Waals surface area contributed by atoms with Gasteiger partial charge in [-0.2, -0.15) is 0 Å². The van der Waals surface area contributed by atoms with Crippen LogP contribution in [-0.2, 0) is 4.79 Å². The van der Waals surface area contributed by atoms with Gasteiger partial charge in [-0.3, -0.25) is 4.79 Å². The number of nitrogens with one attached hydrogen (secondary N) is 1. The molecule has 1 amide bonds. The summed E-state index contributed by atoms with van der Waals surface area (Å²) < 4.78 is 0. The normalized spacial score (nSPS) is 12.0. The number of halogens is 1. The van der Waals surface area contributed by atoms with Crippen LogP contribution in [0.15, 0.2) is 48.5 Å². The Balaban J connectivity index is 1.89. The number of carbonyl (C=O) groups is 1. The molecular weight excluding hydrogens is 284 g/mol. The van der Waals surface area contributed by atoms with Gasteiger partial charge in [0.1, 0.15) is 6.04 Å². The standard InChI is InChI=1S/C17H19ClN2O/c1-12-8-9-15(18)10-16(12)20-17(21)11-19-13(2)14-6-4-3-5-7-14/h3-10,13,19H,11H2,1-2H3,(H,20,21)/p+1/t13-/m1/s1. The molecule has 3 nitrogen and oxygen atoms in total. The highest BCUT2D eigenvalue weighted by molar-refractivity contribution is 6.31. The number of rotatable bonds is 5. The molecule has 0 unspecified atom stereocenters. The Morgan fingerprint density at radius 2 is 1.95 bits per heavy atom. The van der Waals surface area contributed by atoms with E-state index in [9.17, 15) is 4.79 Å². The molecule has 0 aliphatic rings. The molecule has 110 valence electrons. The molecule has 21 heavy (non-hydrogen) atoms. The monoisotopic (exact) mass is 303 g/mol. The first-order valence-electron chi connectivity index (χ1n) is 7.00.